The summed E-state index contributed by atoms with van der Waals surface area (Å²) in [5.41, 5.74) is 0. The molecule has 1 saturated heterocycles. The van der Waals surface area contributed by atoms with Crippen LogP contribution >= 0.6 is 0 Å². The first-order valence-corrected chi connectivity index (χ1v) is 6.17. The maximum Gasteiger partial charge on any atom is 0.205 e. The van der Waals surface area contributed by atoms with Crippen LogP contribution in [0, 0.1) is 0 Å². The van der Waals surface area contributed by atoms with E-state index in [-0.39, 0.29) is 0 Å². The Bertz CT molecular complexity index is 332. The first-order valence-electron chi connectivity index (χ1n) is 6.17. The Hall–Kier alpha value is -1.03. The second-order valence-corrected chi connectivity index (χ2v) is 4.80. The van der Waals surface area contributed by atoms with Gasteiger partial charge < -0.3 is 14.8 Å². The maximum absolute atomic E-state index is 4.49. The molecule has 1 aliphatic heterocycles. The molecule has 2 rings (SSSR count). The van der Waals surface area contributed by atoms with Crippen molar-refractivity contribution in [1.29, 1.82) is 0 Å². The summed E-state index contributed by atoms with van der Waals surface area (Å²) in [4.78, 5) is 6.88. The van der Waals surface area contributed by atoms with Gasteiger partial charge in [-0.1, -0.05) is 0 Å². The van der Waals surface area contributed by atoms with E-state index in [4.69, 9.17) is 0 Å². The molecule has 0 amide bonds. The van der Waals surface area contributed by atoms with E-state index in [0.29, 0.717) is 12.1 Å². The van der Waals surface area contributed by atoms with Crippen molar-refractivity contribution in [2.75, 3.05) is 25.0 Å². The maximum atomic E-state index is 4.49. The van der Waals surface area contributed by atoms with Gasteiger partial charge in [0.1, 0.15) is 0 Å². The van der Waals surface area contributed by atoms with Gasteiger partial charge >= 0.3 is 0 Å². The fraction of sp³-hybridized carbons (Fsp3) is 0.750. The highest BCUT2D eigenvalue weighted by atomic mass is 15.3. The average molecular weight is 222 g/mol. The standard InChI is InChI=1S/C12H22N4/c1-10(2)16-8-6-14-12(16)15-7-4-5-11(9-15)13-3/h6,8,10-11,13H,4-5,7,9H2,1-3H3. The zero-order valence-corrected chi connectivity index (χ0v) is 10.5. The van der Waals surface area contributed by atoms with Crippen LogP contribution in [0.2, 0.25) is 0 Å². The summed E-state index contributed by atoms with van der Waals surface area (Å²) in [5, 5.41) is 3.37. The highest BCUT2D eigenvalue weighted by Crippen LogP contribution is 2.21. The number of nitrogens with one attached hydrogen (secondary N) is 1. The van der Waals surface area contributed by atoms with Crippen molar-refractivity contribution in [3.8, 4) is 0 Å². The van der Waals surface area contributed by atoms with E-state index >= 15 is 0 Å². The smallest absolute Gasteiger partial charge is 0.205 e. The van der Waals surface area contributed by atoms with Gasteiger partial charge in [0, 0.05) is 37.6 Å². The van der Waals surface area contributed by atoms with E-state index in [1.54, 1.807) is 0 Å². The van der Waals surface area contributed by atoms with Gasteiger partial charge in [-0.3, -0.25) is 0 Å². The largest absolute Gasteiger partial charge is 0.341 e. The lowest BCUT2D eigenvalue weighted by Crippen LogP contribution is -2.45. The van der Waals surface area contributed by atoms with Gasteiger partial charge in [-0.2, -0.15) is 0 Å². The summed E-state index contributed by atoms with van der Waals surface area (Å²) >= 11 is 0. The van der Waals surface area contributed by atoms with E-state index in [1.807, 2.05) is 13.2 Å². The van der Waals surface area contributed by atoms with Crippen molar-refractivity contribution in [1.82, 2.24) is 14.9 Å². The molecule has 0 aromatic carbocycles. The van der Waals surface area contributed by atoms with Gasteiger partial charge in [0.25, 0.3) is 0 Å². The number of rotatable bonds is 3. The number of anilines is 1. The number of likely N-dealkylation sites (N-methyl/N-ethyl adjacent to an activating group) is 1. The molecule has 4 heteroatoms. The molecule has 1 aliphatic rings. The molecule has 1 N–H and O–H groups in total. The first-order chi connectivity index (χ1) is 7.72. The van der Waals surface area contributed by atoms with Crippen LogP contribution in [0.25, 0.3) is 0 Å². The molecule has 1 atom stereocenters. The highest BCUT2D eigenvalue weighted by molar-refractivity contribution is 5.33. The molecule has 0 bridgehead atoms. The average Bonchev–Trinajstić information content (AvgIpc) is 2.78. The number of imidazole rings is 1. The van der Waals surface area contributed by atoms with Crippen LogP contribution in [0.1, 0.15) is 32.7 Å². The minimum atomic E-state index is 0.479. The third kappa shape index (κ3) is 2.21. The molecule has 0 radical (unpaired) electrons. The Kier molecular flexibility index (Phi) is 3.49. The van der Waals surface area contributed by atoms with Gasteiger partial charge in [0.2, 0.25) is 5.95 Å². The third-order valence-corrected chi connectivity index (χ3v) is 3.32. The van der Waals surface area contributed by atoms with Gasteiger partial charge in [-0.25, -0.2) is 4.98 Å². The third-order valence-electron chi connectivity index (χ3n) is 3.32. The lowest BCUT2D eigenvalue weighted by Gasteiger charge is -2.34. The van der Waals surface area contributed by atoms with Crippen molar-refractivity contribution in [2.45, 2.75) is 38.8 Å². The summed E-state index contributed by atoms with van der Waals surface area (Å²) in [6.45, 7) is 6.59. The van der Waals surface area contributed by atoms with Crippen LogP contribution in [-0.4, -0.2) is 35.7 Å². The van der Waals surface area contributed by atoms with Crippen molar-refractivity contribution in [2.24, 2.45) is 0 Å². The van der Waals surface area contributed by atoms with Crippen LogP contribution < -0.4 is 10.2 Å². The molecule has 90 valence electrons. The summed E-state index contributed by atoms with van der Waals surface area (Å²) in [6.07, 6.45) is 6.49. The molecule has 1 aromatic heterocycles. The minimum absolute atomic E-state index is 0.479. The van der Waals surface area contributed by atoms with Crippen LogP contribution in [0.5, 0.6) is 0 Å². The second-order valence-electron chi connectivity index (χ2n) is 4.80. The van der Waals surface area contributed by atoms with Crippen LogP contribution in [-0.2, 0) is 0 Å². The number of aromatic nitrogens is 2. The lowest BCUT2D eigenvalue weighted by atomic mass is 10.1. The predicted molar refractivity (Wildman–Crippen MR) is 66.9 cm³/mol. The Morgan fingerprint density at radius 3 is 3.00 bits per heavy atom. The van der Waals surface area contributed by atoms with Crippen LogP contribution in [0.3, 0.4) is 0 Å². The molecular weight excluding hydrogens is 200 g/mol. The highest BCUT2D eigenvalue weighted by Gasteiger charge is 2.22. The van der Waals surface area contributed by atoms with E-state index in [1.165, 1.54) is 12.8 Å². The quantitative estimate of drug-likeness (QED) is 0.844. The zero-order valence-electron chi connectivity index (χ0n) is 10.5. The predicted octanol–water partition coefficient (Wildman–Crippen LogP) is 1.65. The van der Waals surface area contributed by atoms with E-state index in [0.717, 1.165) is 19.0 Å². The minimum Gasteiger partial charge on any atom is -0.341 e. The van der Waals surface area contributed by atoms with Gasteiger partial charge in [-0.05, 0) is 33.7 Å². The summed E-state index contributed by atoms with van der Waals surface area (Å²) in [7, 11) is 2.04. The molecule has 4 nitrogen and oxygen atoms in total. The monoisotopic (exact) mass is 222 g/mol. The number of piperidine rings is 1. The van der Waals surface area contributed by atoms with Crippen LogP contribution in [0.15, 0.2) is 12.4 Å². The topological polar surface area (TPSA) is 33.1 Å². The molecular formula is C12H22N4. The fourth-order valence-electron chi connectivity index (χ4n) is 2.35. The van der Waals surface area contributed by atoms with E-state index in [2.05, 4.69) is 39.8 Å². The van der Waals surface area contributed by atoms with Crippen molar-refractivity contribution >= 4 is 5.95 Å². The molecule has 0 spiro atoms. The second kappa shape index (κ2) is 4.87. The molecule has 0 saturated carbocycles. The van der Waals surface area contributed by atoms with E-state index < -0.39 is 0 Å². The fourth-order valence-corrected chi connectivity index (χ4v) is 2.35. The molecule has 1 fully saturated rings. The molecule has 0 aliphatic carbocycles. The Morgan fingerprint density at radius 1 is 1.50 bits per heavy atom. The van der Waals surface area contributed by atoms with Gasteiger partial charge in [0.15, 0.2) is 0 Å². The number of hydrogen-bond acceptors (Lipinski definition) is 3. The molecule has 2 heterocycles. The molecule has 1 aromatic rings. The SMILES string of the molecule is CNC1CCCN(c2nccn2C(C)C)C1. The Labute approximate surface area is 97.7 Å². The molecule has 16 heavy (non-hydrogen) atoms. The van der Waals surface area contributed by atoms with Gasteiger partial charge in [0.05, 0.1) is 0 Å². The summed E-state index contributed by atoms with van der Waals surface area (Å²) in [6, 6.07) is 1.08. The number of nitrogens with zero attached hydrogens (tertiary/aromatic N) is 3. The lowest BCUT2D eigenvalue weighted by molar-refractivity contribution is 0.438. The van der Waals surface area contributed by atoms with E-state index in [9.17, 15) is 0 Å². The first kappa shape index (κ1) is 11.5. The van der Waals surface area contributed by atoms with Crippen LogP contribution in [0.4, 0.5) is 5.95 Å². The Balaban J connectivity index is 2.13. The van der Waals surface area contributed by atoms with Crippen molar-refractivity contribution in [3.63, 3.8) is 0 Å². The summed E-state index contributed by atoms with van der Waals surface area (Å²) in [5.74, 6) is 1.12. The van der Waals surface area contributed by atoms with Crippen molar-refractivity contribution in [3.05, 3.63) is 12.4 Å². The normalized spacial score (nSPS) is 21.8. The van der Waals surface area contributed by atoms with Gasteiger partial charge in [-0.15, -0.1) is 0 Å². The zero-order chi connectivity index (χ0) is 11.5. The van der Waals surface area contributed by atoms with Crippen molar-refractivity contribution < 1.29 is 0 Å². The number of hydrogen-bond donors (Lipinski definition) is 1. The Morgan fingerprint density at radius 2 is 2.31 bits per heavy atom. The summed E-state index contributed by atoms with van der Waals surface area (Å²) < 4.78 is 2.25. The molecule has 1 unspecified atom stereocenters.